The molecule has 2 unspecified atom stereocenters. The first kappa shape index (κ1) is 16.4. The van der Waals surface area contributed by atoms with Gasteiger partial charge in [-0.2, -0.15) is 0 Å². The Bertz CT molecular complexity index is 742. The summed E-state index contributed by atoms with van der Waals surface area (Å²) in [4.78, 5) is 28.7. The molecule has 1 aromatic heterocycles. The summed E-state index contributed by atoms with van der Waals surface area (Å²) in [7, 11) is 1.63. The summed E-state index contributed by atoms with van der Waals surface area (Å²) in [6, 6.07) is 9.47. The number of nitrogens with zero attached hydrogens (tertiary/aromatic N) is 1. The molecule has 2 amide bonds. The number of anilines is 1. The fourth-order valence-electron chi connectivity index (χ4n) is 2.76. The predicted octanol–water partition coefficient (Wildman–Crippen LogP) is 1.96. The van der Waals surface area contributed by atoms with E-state index in [1.807, 2.05) is 30.3 Å². The first-order valence-corrected chi connectivity index (χ1v) is 8.12. The molecule has 2 N–H and O–H groups in total. The van der Waals surface area contributed by atoms with E-state index >= 15 is 0 Å². The minimum Gasteiger partial charge on any atom is -0.385 e. The van der Waals surface area contributed by atoms with E-state index in [1.165, 1.54) is 0 Å². The lowest BCUT2D eigenvalue weighted by atomic mass is 10.2. The van der Waals surface area contributed by atoms with E-state index in [2.05, 4.69) is 15.6 Å². The molecule has 0 saturated heterocycles. The molecule has 3 rings (SSSR count). The molecule has 1 fully saturated rings. The van der Waals surface area contributed by atoms with Crippen molar-refractivity contribution in [3.8, 4) is 0 Å². The van der Waals surface area contributed by atoms with Crippen LogP contribution in [-0.4, -0.2) is 37.1 Å². The number of fused-ring (bicyclic) bond motifs is 1. The third-order valence-electron chi connectivity index (χ3n) is 4.18. The summed E-state index contributed by atoms with van der Waals surface area (Å²) in [5.41, 5.74) is 1.44. The molecule has 1 aromatic carbocycles. The average Bonchev–Trinajstić information content (AvgIpc) is 3.40. The number of hydrogen-bond donors (Lipinski definition) is 2. The van der Waals surface area contributed by atoms with Gasteiger partial charge in [0.05, 0.1) is 23.0 Å². The number of nitrogens with one attached hydrogen (secondary N) is 2. The molecule has 0 radical (unpaired) electrons. The maximum Gasteiger partial charge on any atom is 0.228 e. The largest absolute Gasteiger partial charge is 0.385 e. The SMILES string of the molecule is COCCCNC(=O)C1CC1C(=O)Nc1cccc2cccnc12. The van der Waals surface area contributed by atoms with Crippen LogP contribution in [0.1, 0.15) is 12.8 Å². The highest BCUT2D eigenvalue weighted by Crippen LogP contribution is 2.39. The zero-order valence-corrected chi connectivity index (χ0v) is 13.6. The lowest BCUT2D eigenvalue weighted by Crippen LogP contribution is -2.28. The highest BCUT2D eigenvalue weighted by Gasteiger charge is 2.47. The lowest BCUT2D eigenvalue weighted by molar-refractivity contribution is -0.125. The number of pyridine rings is 1. The monoisotopic (exact) mass is 327 g/mol. The van der Waals surface area contributed by atoms with Gasteiger partial charge in [-0.3, -0.25) is 14.6 Å². The van der Waals surface area contributed by atoms with Gasteiger partial charge in [0, 0.05) is 31.8 Å². The molecule has 1 heterocycles. The summed E-state index contributed by atoms with van der Waals surface area (Å²) >= 11 is 0. The Labute approximate surface area is 140 Å². The van der Waals surface area contributed by atoms with Crippen LogP contribution in [0.2, 0.25) is 0 Å². The fourth-order valence-corrected chi connectivity index (χ4v) is 2.76. The lowest BCUT2D eigenvalue weighted by Gasteiger charge is -2.08. The van der Waals surface area contributed by atoms with Gasteiger partial charge in [-0.15, -0.1) is 0 Å². The highest BCUT2D eigenvalue weighted by atomic mass is 16.5. The third-order valence-corrected chi connectivity index (χ3v) is 4.18. The molecule has 0 spiro atoms. The fraction of sp³-hybridized carbons (Fsp3) is 0.389. The third kappa shape index (κ3) is 3.71. The zero-order valence-electron chi connectivity index (χ0n) is 13.6. The molecule has 1 saturated carbocycles. The van der Waals surface area contributed by atoms with Crippen molar-refractivity contribution in [2.75, 3.05) is 25.6 Å². The molecule has 126 valence electrons. The van der Waals surface area contributed by atoms with Gasteiger partial charge in [0.1, 0.15) is 0 Å². The van der Waals surface area contributed by atoms with E-state index < -0.39 is 0 Å². The van der Waals surface area contributed by atoms with Gasteiger partial charge in [-0.25, -0.2) is 0 Å². The molecule has 1 aliphatic rings. The second-order valence-corrected chi connectivity index (χ2v) is 5.96. The first-order valence-electron chi connectivity index (χ1n) is 8.12. The quantitative estimate of drug-likeness (QED) is 0.762. The molecule has 2 aromatic rings. The molecule has 6 heteroatoms. The number of para-hydroxylation sites is 1. The van der Waals surface area contributed by atoms with Gasteiger partial charge in [-0.1, -0.05) is 18.2 Å². The Balaban J connectivity index is 1.56. The maximum atomic E-state index is 12.4. The summed E-state index contributed by atoms with van der Waals surface area (Å²) < 4.78 is 4.94. The van der Waals surface area contributed by atoms with Crippen LogP contribution in [0.4, 0.5) is 5.69 Å². The summed E-state index contributed by atoms with van der Waals surface area (Å²) in [6.07, 6.45) is 3.07. The molecule has 0 aliphatic heterocycles. The Morgan fingerprint density at radius 3 is 2.83 bits per heavy atom. The Morgan fingerprint density at radius 2 is 2.00 bits per heavy atom. The minimum atomic E-state index is -0.258. The topological polar surface area (TPSA) is 80.3 Å². The van der Waals surface area contributed by atoms with Crippen molar-refractivity contribution in [1.82, 2.24) is 10.3 Å². The van der Waals surface area contributed by atoms with Crippen LogP contribution in [0.15, 0.2) is 36.5 Å². The van der Waals surface area contributed by atoms with Crippen molar-refractivity contribution in [2.24, 2.45) is 11.8 Å². The summed E-state index contributed by atoms with van der Waals surface area (Å²) in [5.74, 6) is -0.658. The number of carbonyl (C=O) groups is 2. The van der Waals surface area contributed by atoms with Gasteiger partial charge in [0.15, 0.2) is 0 Å². The van der Waals surface area contributed by atoms with E-state index in [4.69, 9.17) is 4.74 Å². The number of methoxy groups -OCH3 is 1. The van der Waals surface area contributed by atoms with Crippen LogP contribution >= 0.6 is 0 Å². The number of aromatic nitrogens is 1. The van der Waals surface area contributed by atoms with Crippen LogP contribution in [0.5, 0.6) is 0 Å². The van der Waals surface area contributed by atoms with Gasteiger partial charge >= 0.3 is 0 Å². The Morgan fingerprint density at radius 1 is 1.21 bits per heavy atom. The standard InChI is InChI=1S/C18H21N3O3/c1-24-10-4-9-20-17(22)13-11-14(13)18(23)21-15-7-2-5-12-6-3-8-19-16(12)15/h2-3,5-8,13-14H,4,9-11H2,1H3,(H,20,22)(H,21,23). The Hall–Kier alpha value is -2.47. The second kappa shape index (κ2) is 7.40. The number of amides is 2. The van der Waals surface area contributed by atoms with Crippen molar-refractivity contribution in [3.63, 3.8) is 0 Å². The second-order valence-electron chi connectivity index (χ2n) is 5.96. The number of benzene rings is 1. The van der Waals surface area contributed by atoms with Crippen molar-refractivity contribution < 1.29 is 14.3 Å². The van der Waals surface area contributed by atoms with Crippen LogP contribution in [0.25, 0.3) is 10.9 Å². The van der Waals surface area contributed by atoms with Crippen molar-refractivity contribution in [2.45, 2.75) is 12.8 Å². The highest BCUT2D eigenvalue weighted by molar-refractivity contribution is 6.04. The zero-order chi connectivity index (χ0) is 16.9. The van der Waals surface area contributed by atoms with Gasteiger partial charge in [-0.05, 0) is 25.0 Å². The minimum absolute atomic E-state index is 0.0534. The molecular formula is C18H21N3O3. The number of ether oxygens (including phenoxy) is 1. The van der Waals surface area contributed by atoms with E-state index in [9.17, 15) is 9.59 Å². The number of hydrogen-bond acceptors (Lipinski definition) is 4. The first-order chi connectivity index (χ1) is 11.7. The van der Waals surface area contributed by atoms with Gasteiger partial charge < -0.3 is 15.4 Å². The number of rotatable bonds is 7. The van der Waals surface area contributed by atoms with Gasteiger partial charge in [0.2, 0.25) is 11.8 Å². The van der Waals surface area contributed by atoms with Crippen LogP contribution < -0.4 is 10.6 Å². The maximum absolute atomic E-state index is 12.4. The van der Waals surface area contributed by atoms with E-state index in [1.54, 1.807) is 13.3 Å². The van der Waals surface area contributed by atoms with E-state index in [-0.39, 0.29) is 23.7 Å². The summed E-state index contributed by atoms with van der Waals surface area (Å²) in [5, 5.41) is 6.72. The average molecular weight is 327 g/mol. The molecule has 0 bridgehead atoms. The van der Waals surface area contributed by atoms with Crippen molar-refractivity contribution in [3.05, 3.63) is 36.5 Å². The molecule has 6 nitrogen and oxygen atoms in total. The molecule has 1 aliphatic carbocycles. The predicted molar refractivity (Wildman–Crippen MR) is 91.5 cm³/mol. The van der Waals surface area contributed by atoms with Crippen LogP contribution in [0.3, 0.4) is 0 Å². The van der Waals surface area contributed by atoms with Crippen molar-refractivity contribution in [1.29, 1.82) is 0 Å². The van der Waals surface area contributed by atoms with Gasteiger partial charge in [0.25, 0.3) is 0 Å². The summed E-state index contributed by atoms with van der Waals surface area (Å²) in [6.45, 7) is 1.19. The van der Waals surface area contributed by atoms with Crippen LogP contribution in [0, 0.1) is 11.8 Å². The van der Waals surface area contributed by atoms with E-state index in [0.717, 1.165) is 17.3 Å². The molecular weight excluding hydrogens is 306 g/mol. The smallest absolute Gasteiger partial charge is 0.228 e. The van der Waals surface area contributed by atoms with Crippen LogP contribution in [-0.2, 0) is 14.3 Å². The molecule has 2 atom stereocenters. The number of carbonyl (C=O) groups excluding carboxylic acids is 2. The normalized spacial score (nSPS) is 19.0. The van der Waals surface area contributed by atoms with E-state index in [0.29, 0.717) is 25.3 Å². The Kier molecular flexibility index (Phi) is 5.05. The van der Waals surface area contributed by atoms with Crippen molar-refractivity contribution >= 4 is 28.4 Å². The molecule has 24 heavy (non-hydrogen) atoms.